The molecule has 1 aliphatic heterocycles. The average Bonchev–Trinajstić information content (AvgIpc) is 2.45. The first kappa shape index (κ1) is 16.3. The number of unbranched alkanes of at least 4 members (excludes halogenated alkanes) is 2. The molecule has 2 N–H and O–H groups in total. The highest BCUT2D eigenvalue weighted by atomic mass is 15.2. The molecule has 1 rings (SSSR count). The van der Waals surface area contributed by atoms with Gasteiger partial charge in [-0.15, -0.1) is 0 Å². The summed E-state index contributed by atoms with van der Waals surface area (Å²) >= 11 is 0. The molecular formula is C15H32N4. The van der Waals surface area contributed by atoms with Crippen LogP contribution in [-0.4, -0.2) is 55.0 Å². The molecule has 0 aromatic rings. The van der Waals surface area contributed by atoms with Crippen molar-refractivity contribution in [2.45, 2.75) is 52.4 Å². The lowest BCUT2D eigenvalue weighted by atomic mass is 10.1. The predicted molar refractivity (Wildman–Crippen MR) is 83.6 cm³/mol. The zero-order valence-electron chi connectivity index (χ0n) is 12.9. The first-order chi connectivity index (χ1) is 9.27. The van der Waals surface area contributed by atoms with E-state index < -0.39 is 0 Å². The van der Waals surface area contributed by atoms with E-state index in [1.165, 1.54) is 51.7 Å². The fraction of sp³-hybridized carbons (Fsp3) is 0.933. The maximum atomic E-state index is 5.94. The first-order valence-corrected chi connectivity index (χ1v) is 8.05. The summed E-state index contributed by atoms with van der Waals surface area (Å²) in [6, 6.07) is 0. The topological polar surface area (TPSA) is 44.9 Å². The summed E-state index contributed by atoms with van der Waals surface area (Å²) in [6.45, 7) is 10.9. The molecule has 0 atom stereocenters. The van der Waals surface area contributed by atoms with E-state index >= 15 is 0 Å². The number of rotatable bonds is 8. The maximum absolute atomic E-state index is 5.94. The van der Waals surface area contributed by atoms with Crippen molar-refractivity contribution in [3.8, 4) is 0 Å². The molecule has 4 heteroatoms. The third-order valence-electron chi connectivity index (χ3n) is 3.94. The summed E-state index contributed by atoms with van der Waals surface area (Å²) in [5.41, 5.74) is 5.94. The van der Waals surface area contributed by atoms with E-state index in [2.05, 4.69) is 28.6 Å². The van der Waals surface area contributed by atoms with E-state index in [0.29, 0.717) is 5.96 Å². The lowest BCUT2D eigenvalue weighted by Gasteiger charge is -2.26. The Kier molecular flexibility index (Phi) is 8.63. The minimum atomic E-state index is 0.709. The van der Waals surface area contributed by atoms with Crippen molar-refractivity contribution in [3.63, 3.8) is 0 Å². The van der Waals surface area contributed by atoms with Crippen LogP contribution in [0.4, 0.5) is 0 Å². The minimum Gasteiger partial charge on any atom is -0.370 e. The molecule has 19 heavy (non-hydrogen) atoms. The van der Waals surface area contributed by atoms with Gasteiger partial charge in [-0.05, 0) is 59.2 Å². The molecule has 0 unspecified atom stereocenters. The second kappa shape index (κ2) is 10.1. The van der Waals surface area contributed by atoms with Crippen LogP contribution in [0.25, 0.3) is 0 Å². The number of likely N-dealkylation sites (tertiary alicyclic amines) is 1. The molecule has 0 saturated carbocycles. The van der Waals surface area contributed by atoms with Gasteiger partial charge in [-0.1, -0.05) is 12.8 Å². The van der Waals surface area contributed by atoms with Gasteiger partial charge in [0.25, 0.3) is 0 Å². The quantitative estimate of drug-likeness (QED) is 0.417. The molecule has 0 radical (unpaired) electrons. The molecule has 1 aliphatic rings. The summed E-state index contributed by atoms with van der Waals surface area (Å²) in [4.78, 5) is 9.17. The zero-order valence-corrected chi connectivity index (χ0v) is 12.9. The van der Waals surface area contributed by atoms with Crippen LogP contribution in [0.2, 0.25) is 0 Å². The molecule has 0 bridgehead atoms. The highest BCUT2D eigenvalue weighted by molar-refractivity contribution is 5.77. The van der Waals surface area contributed by atoms with Crippen LogP contribution in [0.1, 0.15) is 52.4 Å². The maximum Gasteiger partial charge on any atom is 0.191 e. The van der Waals surface area contributed by atoms with Crippen LogP contribution in [0.15, 0.2) is 4.99 Å². The zero-order chi connectivity index (χ0) is 13.9. The Morgan fingerprint density at radius 2 is 1.74 bits per heavy atom. The predicted octanol–water partition coefficient (Wildman–Crippen LogP) is 2.30. The highest BCUT2D eigenvalue weighted by Gasteiger charge is 2.08. The van der Waals surface area contributed by atoms with Crippen molar-refractivity contribution in [1.82, 2.24) is 9.80 Å². The molecule has 0 aromatic carbocycles. The number of aliphatic imine (C=N–C) groups is 1. The molecule has 4 nitrogen and oxygen atoms in total. The molecule has 1 heterocycles. The fourth-order valence-corrected chi connectivity index (χ4v) is 2.65. The molecule has 0 spiro atoms. The van der Waals surface area contributed by atoms with Gasteiger partial charge in [-0.3, -0.25) is 4.99 Å². The van der Waals surface area contributed by atoms with Gasteiger partial charge in [0, 0.05) is 19.6 Å². The van der Waals surface area contributed by atoms with E-state index in [-0.39, 0.29) is 0 Å². The summed E-state index contributed by atoms with van der Waals surface area (Å²) < 4.78 is 0. The number of nitrogens with zero attached hydrogens (tertiary/aromatic N) is 3. The van der Waals surface area contributed by atoms with Crippen LogP contribution < -0.4 is 5.73 Å². The van der Waals surface area contributed by atoms with Gasteiger partial charge in [0.15, 0.2) is 5.96 Å². The van der Waals surface area contributed by atoms with Gasteiger partial charge in [0.2, 0.25) is 0 Å². The Hall–Kier alpha value is -0.770. The Morgan fingerprint density at radius 3 is 2.37 bits per heavy atom. The van der Waals surface area contributed by atoms with Crippen LogP contribution in [0.3, 0.4) is 0 Å². The van der Waals surface area contributed by atoms with Crippen LogP contribution in [-0.2, 0) is 0 Å². The molecule has 0 amide bonds. The van der Waals surface area contributed by atoms with Crippen molar-refractivity contribution in [2.75, 3.05) is 39.3 Å². The minimum absolute atomic E-state index is 0.709. The Labute approximate surface area is 119 Å². The van der Waals surface area contributed by atoms with Gasteiger partial charge in [-0.25, -0.2) is 0 Å². The Morgan fingerprint density at radius 1 is 1.05 bits per heavy atom. The second-order valence-electron chi connectivity index (χ2n) is 5.38. The second-order valence-corrected chi connectivity index (χ2v) is 5.38. The van der Waals surface area contributed by atoms with E-state index in [1.807, 2.05) is 0 Å². The molecule has 112 valence electrons. The smallest absolute Gasteiger partial charge is 0.191 e. The number of hydrogen-bond donors (Lipinski definition) is 1. The lowest BCUT2D eigenvalue weighted by Crippen LogP contribution is -2.37. The van der Waals surface area contributed by atoms with Crippen LogP contribution >= 0.6 is 0 Å². The Balaban J connectivity index is 2.02. The summed E-state index contributed by atoms with van der Waals surface area (Å²) in [6.07, 6.45) is 7.95. The van der Waals surface area contributed by atoms with E-state index in [9.17, 15) is 0 Å². The van der Waals surface area contributed by atoms with Gasteiger partial charge in [-0.2, -0.15) is 0 Å². The monoisotopic (exact) mass is 268 g/mol. The van der Waals surface area contributed by atoms with E-state index in [0.717, 1.165) is 26.1 Å². The largest absolute Gasteiger partial charge is 0.370 e. The van der Waals surface area contributed by atoms with E-state index in [1.54, 1.807) is 0 Å². The van der Waals surface area contributed by atoms with Crippen molar-refractivity contribution < 1.29 is 0 Å². The summed E-state index contributed by atoms with van der Waals surface area (Å²) in [5.74, 6) is 0.709. The normalized spacial score (nSPS) is 17.7. The number of nitrogens with two attached hydrogens (primary N) is 1. The molecule has 0 aliphatic carbocycles. The van der Waals surface area contributed by atoms with Crippen LogP contribution in [0.5, 0.6) is 0 Å². The Bertz CT molecular complexity index is 243. The van der Waals surface area contributed by atoms with Crippen LogP contribution in [0, 0.1) is 0 Å². The van der Waals surface area contributed by atoms with Crippen molar-refractivity contribution in [1.29, 1.82) is 0 Å². The van der Waals surface area contributed by atoms with E-state index in [4.69, 9.17) is 5.73 Å². The highest BCUT2D eigenvalue weighted by Crippen LogP contribution is 2.09. The third kappa shape index (κ3) is 6.81. The third-order valence-corrected chi connectivity index (χ3v) is 3.94. The summed E-state index contributed by atoms with van der Waals surface area (Å²) in [7, 11) is 0. The van der Waals surface area contributed by atoms with Gasteiger partial charge >= 0.3 is 0 Å². The summed E-state index contributed by atoms with van der Waals surface area (Å²) in [5, 5.41) is 0. The van der Waals surface area contributed by atoms with Crippen molar-refractivity contribution in [2.24, 2.45) is 10.7 Å². The molecule has 1 saturated heterocycles. The average molecular weight is 268 g/mol. The van der Waals surface area contributed by atoms with Gasteiger partial charge < -0.3 is 15.5 Å². The molecule has 1 fully saturated rings. The number of guanidine groups is 1. The van der Waals surface area contributed by atoms with Crippen molar-refractivity contribution >= 4 is 5.96 Å². The standard InChI is InChI=1S/C15H32N4/c1-3-19(4-2)15(16)17-11-7-5-8-12-18-13-9-6-10-14-18/h3-14H2,1-2H3,(H2,16,17). The lowest BCUT2D eigenvalue weighted by molar-refractivity contribution is 0.224. The van der Waals surface area contributed by atoms with Gasteiger partial charge in [0.1, 0.15) is 0 Å². The molecular weight excluding hydrogens is 236 g/mol. The number of hydrogen-bond acceptors (Lipinski definition) is 2. The number of piperidine rings is 1. The first-order valence-electron chi connectivity index (χ1n) is 8.05. The molecule has 0 aromatic heterocycles. The van der Waals surface area contributed by atoms with Gasteiger partial charge in [0.05, 0.1) is 0 Å². The SMILES string of the molecule is CCN(CC)C(N)=NCCCCCN1CCCCC1. The fourth-order valence-electron chi connectivity index (χ4n) is 2.65. The van der Waals surface area contributed by atoms with Crippen molar-refractivity contribution in [3.05, 3.63) is 0 Å².